The summed E-state index contributed by atoms with van der Waals surface area (Å²) in [6.45, 7) is 0. The van der Waals surface area contributed by atoms with E-state index >= 15 is 0 Å². The zero-order valence-electron chi connectivity index (χ0n) is 17.6. The second-order valence-corrected chi connectivity index (χ2v) is 8.50. The first-order chi connectivity index (χ1) is 14.6. The minimum Gasteiger partial charge on any atom is -0.478 e. The van der Waals surface area contributed by atoms with Crippen molar-refractivity contribution in [3.05, 3.63) is 70.8 Å². The summed E-state index contributed by atoms with van der Waals surface area (Å²) in [5.41, 5.74) is 2.81. The molecule has 0 amide bonds. The molecule has 0 saturated heterocycles. The first-order valence-electron chi connectivity index (χ1n) is 11.2. The monoisotopic (exact) mass is 408 g/mol. The van der Waals surface area contributed by atoms with Crippen LogP contribution in [0.1, 0.15) is 102 Å². The fraction of sp³-hybridized carbons (Fsp3) is 0.462. The molecule has 0 radical (unpaired) electrons. The first kappa shape index (κ1) is 22.1. The average molecular weight is 409 g/mol. The predicted octanol–water partition coefficient (Wildman–Crippen LogP) is 6.75. The Balaban J connectivity index is 1.93. The number of carboxylic acid groups (broad SMARTS) is 2. The van der Waals surface area contributed by atoms with Gasteiger partial charge in [-0.1, -0.05) is 75.6 Å². The summed E-state index contributed by atoms with van der Waals surface area (Å²) < 4.78 is 0. The lowest BCUT2D eigenvalue weighted by Crippen LogP contribution is -2.16. The third-order valence-corrected chi connectivity index (χ3v) is 6.40. The van der Waals surface area contributed by atoms with Gasteiger partial charge >= 0.3 is 11.9 Å². The Hall–Kier alpha value is -2.62. The minimum absolute atomic E-state index is 0.149. The maximum Gasteiger partial charge on any atom is 0.335 e. The Morgan fingerprint density at radius 2 is 0.933 bits per heavy atom. The summed E-state index contributed by atoms with van der Waals surface area (Å²) in [5, 5.41) is 18.5. The van der Waals surface area contributed by atoms with Crippen molar-refractivity contribution in [2.75, 3.05) is 0 Å². The standard InChI is InChI=1S/C26H32O4/c27-25(28)22-15-11-20(12-16-22)24(21-13-17-23(18-14-21)26(29)30)19-9-7-5-3-1-2-4-6-8-10-19/h11-19,24H,1-10H2,(H,27,28)(H,29,30). The topological polar surface area (TPSA) is 74.6 Å². The van der Waals surface area contributed by atoms with Gasteiger partial charge in [-0.25, -0.2) is 9.59 Å². The summed E-state index contributed by atoms with van der Waals surface area (Å²) in [6.07, 6.45) is 12.5. The lowest BCUT2D eigenvalue weighted by Gasteiger charge is -2.29. The molecule has 1 aliphatic rings. The van der Waals surface area contributed by atoms with Crippen molar-refractivity contribution < 1.29 is 19.8 Å². The second-order valence-electron chi connectivity index (χ2n) is 8.50. The van der Waals surface area contributed by atoms with Crippen molar-refractivity contribution >= 4 is 11.9 Å². The lowest BCUT2D eigenvalue weighted by molar-refractivity contribution is 0.0686. The van der Waals surface area contributed by atoms with Crippen molar-refractivity contribution in [1.29, 1.82) is 0 Å². The van der Waals surface area contributed by atoms with E-state index in [0.29, 0.717) is 17.0 Å². The van der Waals surface area contributed by atoms with Crippen LogP contribution in [0.4, 0.5) is 0 Å². The van der Waals surface area contributed by atoms with Crippen LogP contribution in [0.25, 0.3) is 0 Å². The molecule has 0 heterocycles. The molecule has 2 aromatic carbocycles. The van der Waals surface area contributed by atoms with Gasteiger partial charge in [0.25, 0.3) is 0 Å². The quantitative estimate of drug-likeness (QED) is 0.574. The smallest absolute Gasteiger partial charge is 0.335 e. The van der Waals surface area contributed by atoms with Crippen LogP contribution in [-0.2, 0) is 0 Å². The van der Waals surface area contributed by atoms with Gasteiger partial charge in [-0.15, -0.1) is 0 Å². The largest absolute Gasteiger partial charge is 0.478 e. The highest BCUT2D eigenvalue weighted by molar-refractivity contribution is 5.88. The van der Waals surface area contributed by atoms with E-state index in [1.807, 2.05) is 24.3 Å². The van der Waals surface area contributed by atoms with Gasteiger partial charge in [0.2, 0.25) is 0 Å². The zero-order chi connectivity index (χ0) is 21.3. The van der Waals surface area contributed by atoms with Gasteiger partial charge in [0.15, 0.2) is 0 Å². The van der Waals surface area contributed by atoms with Crippen LogP contribution in [0, 0.1) is 5.92 Å². The molecule has 0 bridgehead atoms. The van der Waals surface area contributed by atoms with Gasteiger partial charge in [0.1, 0.15) is 0 Å². The minimum atomic E-state index is -0.918. The number of benzene rings is 2. The van der Waals surface area contributed by atoms with Gasteiger partial charge < -0.3 is 10.2 Å². The third-order valence-electron chi connectivity index (χ3n) is 6.40. The van der Waals surface area contributed by atoms with Crippen molar-refractivity contribution in [2.45, 2.75) is 70.1 Å². The van der Waals surface area contributed by atoms with Crippen LogP contribution < -0.4 is 0 Å². The van der Waals surface area contributed by atoms with Crippen molar-refractivity contribution in [3.63, 3.8) is 0 Å². The lowest BCUT2D eigenvalue weighted by atomic mass is 9.75. The SMILES string of the molecule is O=C(O)c1ccc(C(c2ccc(C(=O)O)cc2)C2CCCCCCCCCC2)cc1. The molecule has 1 saturated carbocycles. The number of rotatable bonds is 5. The molecule has 1 aliphatic carbocycles. The molecule has 4 heteroatoms. The van der Waals surface area contributed by atoms with Crippen LogP contribution in [0.3, 0.4) is 0 Å². The van der Waals surface area contributed by atoms with E-state index in [-0.39, 0.29) is 5.92 Å². The van der Waals surface area contributed by atoms with E-state index in [1.165, 1.54) is 51.4 Å². The summed E-state index contributed by atoms with van der Waals surface area (Å²) in [6, 6.07) is 14.5. The molecule has 1 fully saturated rings. The summed E-state index contributed by atoms with van der Waals surface area (Å²) in [5.74, 6) is -1.22. The Kier molecular flexibility index (Phi) is 8.06. The van der Waals surface area contributed by atoms with Crippen molar-refractivity contribution in [2.24, 2.45) is 5.92 Å². The molecule has 3 rings (SSSR count). The highest BCUT2D eigenvalue weighted by atomic mass is 16.4. The molecule has 0 unspecified atom stereocenters. The molecular formula is C26H32O4. The maximum absolute atomic E-state index is 11.3. The Bertz CT molecular complexity index is 754. The number of carboxylic acids is 2. The van der Waals surface area contributed by atoms with Gasteiger partial charge in [-0.05, 0) is 54.2 Å². The normalized spacial score (nSPS) is 16.7. The number of carbonyl (C=O) groups is 2. The van der Waals surface area contributed by atoms with E-state index in [0.717, 1.165) is 24.0 Å². The van der Waals surface area contributed by atoms with Gasteiger partial charge in [-0.3, -0.25) is 0 Å². The predicted molar refractivity (Wildman–Crippen MR) is 118 cm³/mol. The first-order valence-corrected chi connectivity index (χ1v) is 11.2. The molecule has 0 aromatic heterocycles. The molecular weight excluding hydrogens is 376 g/mol. The van der Waals surface area contributed by atoms with Crippen LogP contribution in [0.5, 0.6) is 0 Å². The summed E-state index contributed by atoms with van der Waals surface area (Å²) in [4.78, 5) is 22.6. The van der Waals surface area contributed by atoms with Crippen LogP contribution in [0.2, 0.25) is 0 Å². The third kappa shape index (κ3) is 5.94. The maximum atomic E-state index is 11.3. The zero-order valence-corrected chi connectivity index (χ0v) is 17.6. The molecule has 2 N–H and O–H groups in total. The van der Waals surface area contributed by atoms with Crippen LogP contribution >= 0.6 is 0 Å². The van der Waals surface area contributed by atoms with Gasteiger partial charge in [0, 0.05) is 5.92 Å². The Morgan fingerprint density at radius 3 is 1.27 bits per heavy atom. The number of hydrogen-bond acceptors (Lipinski definition) is 2. The fourth-order valence-electron chi connectivity index (χ4n) is 4.75. The van der Waals surface area contributed by atoms with Crippen molar-refractivity contribution in [1.82, 2.24) is 0 Å². The van der Waals surface area contributed by atoms with Crippen LogP contribution in [0.15, 0.2) is 48.5 Å². The average Bonchev–Trinajstić information content (AvgIpc) is 2.81. The van der Waals surface area contributed by atoms with Gasteiger partial charge in [0.05, 0.1) is 11.1 Å². The van der Waals surface area contributed by atoms with E-state index in [1.54, 1.807) is 24.3 Å². The number of hydrogen-bond donors (Lipinski definition) is 2. The molecule has 4 nitrogen and oxygen atoms in total. The highest BCUT2D eigenvalue weighted by Gasteiger charge is 2.25. The molecule has 2 aromatic rings. The summed E-state index contributed by atoms with van der Waals surface area (Å²) in [7, 11) is 0. The Labute approximate surface area is 179 Å². The van der Waals surface area contributed by atoms with E-state index < -0.39 is 11.9 Å². The summed E-state index contributed by atoms with van der Waals surface area (Å²) >= 11 is 0. The fourth-order valence-corrected chi connectivity index (χ4v) is 4.75. The molecule has 0 atom stereocenters. The molecule has 160 valence electrons. The molecule has 0 spiro atoms. The van der Waals surface area contributed by atoms with Crippen molar-refractivity contribution in [3.8, 4) is 0 Å². The Morgan fingerprint density at radius 1 is 0.600 bits per heavy atom. The highest BCUT2D eigenvalue weighted by Crippen LogP contribution is 2.39. The van der Waals surface area contributed by atoms with Crippen LogP contribution in [-0.4, -0.2) is 22.2 Å². The van der Waals surface area contributed by atoms with E-state index in [4.69, 9.17) is 0 Å². The van der Waals surface area contributed by atoms with E-state index in [9.17, 15) is 19.8 Å². The number of aromatic carboxylic acids is 2. The van der Waals surface area contributed by atoms with E-state index in [2.05, 4.69) is 0 Å². The van der Waals surface area contributed by atoms with Gasteiger partial charge in [-0.2, -0.15) is 0 Å². The second kappa shape index (κ2) is 11.0. The molecule has 30 heavy (non-hydrogen) atoms. The molecule has 0 aliphatic heterocycles.